The molecule has 1 heterocycles. The van der Waals surface area contributed by atoms with Crippen molar-refractivity contribution >= 4 is 12.0 Å². The summed E-state index contributed by atoms with van der Waals surface area (Å²) in [7, 11) is 0. The summed E-state index contributed by atoms with van der Waals surface area (Å²) in [4.78, 5) is 18.7. The normalized spacial score (nSPS) is 14.7. The van der Waals surface area contributed by atoms with Crippen LogP contribution in [-0.2, 0) is 4.79 Å². The Balaban J connectivity index is 2.40. The average Bonchev–Trinajstić information content (AvgIpc) is 2.29. The van der Waals surface area contributed by atoms with E-state index in [2.05, 4.69) is 9.97 Å². The maximum absolute atomic E-state index is 10.6. The molecule has 2 atom stereocenters. The predicted molar refractivity (Wildman–Crippen MR) is 64.7 cm³/mol. The number of rotatable bonds is 6. The fraction of sp³-hybridized carbons (Fsp3) is 0.417. The molecule has 0 fully saturated rings. The van der Waals surface area contributed by atoms with Gasteiger partial charge in [-0.1, -0.05) is 13.0 Å². The summed E-state index contributed by atoms with van der Waals surface area (Å²) in [5.41, 5.74) is 5.01. The van der Waals surface area contributed by atoms with Gasteiger partial charge in [0, 0.05) is 12.4 Å². The lowest BCUT2D eigenvalue weighted by Crippen LogP contribution is -2.25. The second-order valence-corrected chi connectivity index (χ2v) is 3.96. The highest BCUT2D eigenvalue weighted by Gasteiger charge is 2.14. The number of carbonyl (C=O) groups excluding carboxylic acids is 1. The van der Waals surface area contributed by atoms with E-state index in [-0.39, 0.29) is 12.3 Å². The molecule has 92 valence electrons. The van der Waals surface area contributed by atoms with Gasteiger partial charge in [-0.05, 0) is 24.5 Å². The Morgan fingerprint density at radius 2 is 2.18 bits per heavy atom. The largest absolute Gasteiger partial charge is 0.392 e. The second-order valence-electron chi connectivity index (χ2n) is 3.96. The monoisotopic (exact) mass is 235 g/mol. The molecule has 0 saturated carbocycles. The summed E-state index contributed by atoms with van der Waals surface area (Å²) in [6.07, 6.45) is 6.94. The lowest BCUT2D eigenvalue weighted by molar-refractivity contribution is -0.120. The van der Waals surface area contributed by atoms with Crippen LogP contribution in [0.5, 0.6) is 0 Å². The highest BCUT2D eigenvalue weighted by Crippen LogP contribution is 2.12. The number of allylic oxidation sites excluding steroid dienone is 1. The van der Waals surface area contributed by atoms with Gasteiger partial charge >= 0.3 is 0 Å². The second kappa shape index (κ2) is 6.75. The van der Waals surface area contributed by atoms with Crippen molar-refractivity contribution in [3.05, 3.63) is 30.4 Å². The Bertz CT molecular complexity index is 379. The number of carbonyl (C=O) groups is 1. The molecule has 0 saturated heterocycles. The van der Waals surface area contributed by atoms with Crippen LogP contribution in [0.15, 0.2) is 24.5 Å². The lowest BCUT2D eigenvalue weighted by atomic mass is 9.98. The van der Waals surface area contributed by atoms with Crippen LogP contribution in [0.1, 0.15) is 25.6 Å². The van der Waals surface area contributed by atoms with Crippen molar-refractivity contribution in [3.63, 3.8) is 0 Å². The molecule has 0 aliphatic heterocycles. The summed E-state index contributed by atoms with van der Waals surface area (Å²) in [6, 6.07) is 1.75. The number of nitrogens with zero attached hydrogens (tertiary/aromatic N) is 2. The molecule has 0 radical (unpaired) electrons. The van der Waals surface area contributed by atoms with Crippen LogP contribution in [-0.4, -0.2) is 27.1 Å². The number of aliphatic hydroxyl groups excluding tert-OH is 1. The van der Waals surface area contributed by atoms with Gasteiger partial charge in [-0.3, -0.25) is 4.79 Å². The molecule has 1 aromatic heterocycles. The van der Waals surface area contributed by atoms with Gasteiger partial charge < -0.3 is 10.8 Å². The molecule has 0 spiro atoms. The fourth-order valence-electron chi connectivity index (χ4n) is 1.35. The first-order chi connectivity index (χ1) is 8.09. The SMILES string of the molecule is C[C@H](C/C=C/c1ncccn1)[C@@H](O)CC(N)=O. The molecule has 3 N–H and O–H groups in total. The van der Waals surface area contributed by atoms with Gasteiger partial charge in [0.15, 0.2) is 5.82 Å². The van der Waals surface area contributed by atoms with E-state index in [1.807, 2.05) is 13.0 Å². The van der Waals surface area contributed by atoms with Gasteiger partial charge in [-0.15, -0.1) is 0 Å². The van der Waals surface area contributed by atoms with Gasteiger partial charge in [0.1, 0.15) is 0 Å². The molecular weight excluding hydrogens is 218 g/mol. The zero-order valence-electron chi connectivity index (χ0n) is 9.78. The summed E-state index contributed by atoms with van der Waals surface area (Å²) in [5, 5.41) is 9.62. The van der Waals surface area contributed by atoms with E-state index in [9.17, 15) is 9.90 Å². The van der Waals surface area contributed by atoms with Crippen molar-refractivity contribution in [1.82, 2.24) is 9.97 Å². The smallest absolute Gasteiger partial charge is 0.220 e. The van der Waals surface area contributed by atoms with E-state index < -0.39 is 12.0 Å². The van der Waals surface area contributed by atoms with Crippen molar-refractivity contribution in [2.24, 2.45) is 11.7 Å². The van der Waals surface area contributed by atoms with Crippen molar-refractivity contribution in [2.75, 3.05) is 0 Å². The topological polar surface area (TPSA) is 89.1 Å². The molecule has 0 bridgehead atoms. The lowest BCUT2D eigenvalue weighted by Gasteiger charge is -2.15. The van der Waals surface area contributed by atoms with Gasteiger partial charge in [-0.2, -0.15) is 0 Å². The summed E-state index contributed by atoms with van der Waals surface area (Å²) < 4.78 is 0. The molecule has 1 amide bonds. The van der Waals surface area contributed by atoms with E-state index in [0.717, 1.165) is 0 Å². The standard InChI is InChI=1S/C12H17N3O2/c1-9(10(16)8-11(13)17)4-2-5-12-14-6-3-7-15-12/h2-3,5-7,9-10,16H,4,8H2,1H3,(H2,13,17)/b5-2+/t9-,10+/m1/s1. The van der Waals surface area contributed by atoms with Crippen molar-refractivity contribution in [3.8, 4) is 0 Å². The molecular formula is C12H17N3O2. The van der Waals surface area contributed by atoms with Crippen molar-refractivity contribution in [2.45, 2.75) is 25.9 Å². The molecule has 0 aromatic carbocycles. The minimum Gasteiger partial charge on any atom is -0.392 e. The van der Waals surface area contributed by atoms with Crippen molar-refractivity contribution < 1.29 is 9.90 Å². The first-order valence-electron chi connectivity index (χ1n) is 5.49. The average molecular weight is 235 g/mol. The minimum atomic E-state index is -0.700. The Labute approximate surface area is 100 Å². The van der Waals surface area contributed by atoms with E-state index >= 15 is 0 Å². The van der Waals surface area contributed by atoms with Crippen molar-refractivity contribution in [1.29, 1.82) is 0 Å². The molecule has 0 aliphatic rings. The van der Waals surface area contributed by atoms with E-state index in [4.69, 9.17) is 5.73 Å². The molecule has 5 heteroatoms. The highest BCUT2D eigenvalue weighted by atomic mass is 16.3. The minimum absolute atomic E-state index is 0.00313. The first-order valence-corrected chi connectivity index (χ1v) is 5.49. The highest BCUT2D eigenvalue weighted by molar-refractivity contribution is 5.74. The van der Waals surface area contributed by atoms with E-state index in [1.165, 1.54) is 0 Å². The zero-order chi connectivity index (χ0) is 12.7. The maximum Gasteiger partial charge on any atom is 0.220 e. The van der Waals surface area contributed by atoms with Gasteiger partial charge in [-0.25, -0.2) is 9.97 Å². The fourth-order valence-corrected chi connectivity index (χ4v) is 1.35. The van der Waals surface area contributed by atoms with Crippen LogP contribution in [0.3, 0.4) is 0 Å². The number of primary amides is 1. The van der Waals surface area contributed by atoms with Crippen LogP contribution in [0.25, 0.3) is 6.08 Å². The van der Waals surface area contributed by atoms with Gasteiger partial charge in [0.2, 0.25) is 5.91 Å². The molecule has 17 heavy (non-hydrogen) atoms. The third-order valence-electron chi connectivity index (χ3n) is 2.43. The third kappa shape index (κ3) is 5.21. The number of amides is 1. The predicted octanol–water partition coefficient (Wildman–Crippen LogP) is 0.752. The molecule has 1 rings (SSSR count). The first kappa shape index (κ1) is 13.3. The summed E-state index contributed by atoms with van der Waals surface area (Å²) >= 11 is 0. The number of hydrogen-bond donors (Lipinski definition) is 2. The molecule has 0 aliphatic carbocycles. The summed E-state index contributed by atoms with van der Waals surface area (Å²) in [6.45, 7) is 1.86. The number of aliphatic hydroxyl groups is 1. The Kier molecular flexibility index (Phi) is 5.29. The van der Waals surface area contributed by atoms with Gasteiger partial charge in [0.05, 0.1) is 12.5 Å². The Morgan fingerprint density at radius 3 is 2.76 bits per heavy atom. The number of nitrogens with two attached hydrogens (primary N) is 1. The zero-order valence-corrected chi connectivity index (χ0v) is 9.78. The third-order valence-corrected chi connectivity index (χ3v) is 2.43. The van der Waals surface area contributed by atoms with Crippen LogP contribution in [0.4, 0.5) is 0 Å². The van der Waals surface area contributed by atoms with Crippen LogP contribution >= 0.6 is 0 Å². The summed E-state index contributed by atoms with van der Waals surface area (Å²) in [5.74, 6) is 0.117. The van der Waals surface area contributed by atoms with E-state index in [1.54, 1.807) is 24.5 Å². The molecule has 1 aromatic rings. The number of aromatic nitrogens is 2. The van der Waals surface area contributed by atoms with Crippen LogP contribution in [0, 0.1) is 5.92 Å². The quantitative estimate of drug-likeness (QED) is 0.761. The van der Waals surface area contributed by atoms with Gasteiger partial charge in [0.25, 0.3) is 0 Å². The Hall–Kier alpha value is -1.75. The number of hydrogen-bond acceptors (Lipinski definition) is 4. The maximum atomic E-state index is 10.6. The van der Waals surface area contributed by atoms with Crippen LogP contribution in [0.2, 0.25) is 0 Å². The van der Waals surface area contributed by atoms with E-state index in [0.29, 0.717) is 12.2 Å². The molecule has 5 nitrogen and oxygen atoms in total. The van der Waals surface area contributed by atoms with Crippen LogP contribution < -0.4 is 5.73 Å². The Morgan fingerprint density at radius 1 is 1.53 bits per heavy atom. The molecule has 0 unspecified atom stereocenters.